The van der Waals surface area contributed by atoms with Crippen LogP contribution in [0, 0.1) is 0 Å². The van der Waals surface area contributed by atoms with Gasteiger partial charge in [-0.15, -0.1) is 10.2 Å². The molecule has 0 spiro atoms. The molecule has 0 bridgehead atoms. The third kappa shape index (κ3) is 4.05. The number of thioether (sulfide) groups is 1. The Bertz CT molecular complexity index is 1220. The molecule has 2 aliphatic rings. The van der Waals surface area contributed by atoms with Crippen molar-refractivity contribution in [3.05, 3.63) is 41.7 Å². The van der Waals surface area contributed by atoms with Gasteiger partial charge in [0.25, 0.3) is 0 Å². The highest BCUT2D eigenvalue weighted by atomic mass is 32.2. The predicted molar refractivity (Wildman–Crippen MR) is 125 cm³/mol. The van der Waals surface area contributed by atoms with Gasteiger partial charge in [-0.25, -0.2) is 19.7 Å². The third-order valence-electron chi connectivity index (χ3n) is 6.58. The van der Waals surface area contributed by atoms with E-state index < -0.39 is 0 Å². The van der Waals surface area contributed by atoms with E-state index in [0.717, 1.165) is 65.8 Å². The van der Waals surface area contributed by atoms with Crippen LogP contribution in [0.3, 0.4) is 0 Å². The van der Waals surface area contributed by atoms with Crippen molar-refractivity contribution in [1.29, 1.82) is 0 Å². The highest BCUT2D eigenvalue weighted by molar-refractivity contribution is 7.99. The Labute approximate surface area is 195 Å². The maximum Gasteiger partial charge on any atom is 0.191 e. The van der Waals surface area contributed by atoms with Crippen LogP contribution in [0.4, 0.5) is 5.82 Å². The van der Waals surface area contributed by atoms with Crippen molar-refractivity contribution in [2.24, 2.45) is 0 Å². The first-order chi connectivity index (χ1) is 16.3. The Morgan fingerprint density at radius 1 is 1.12 bits per heavy atom. The molecule has 170 valence electrons. The molecule has 2 saturated carbocycles. The van der Waals surface area contributed by atoms with E-state index in [1.165, 1.54) is 5.56 Å². The molecular weight excluding hydrogens is 436 g/mol. The molecule has 2 aliphatic carbocycles. The van der Waals surface area contributed by atoms with E-state index in [2.05, 4.69) is 73.5 Å². The first-order valence-electron chi connectivity index (χ1n) is 11.6. The van der Waals surface area contributed by atoms with Crippen molar-refractivity contribution >= 4 is 28.7 Å². The number of benzene rings is 1. The highest BCUT2D eigenvalue weighted by Crippen LogP contribution is 2.44. The minimum Gasteiger partial charge on any atom is -0.365 e. The number of nitrogens with zero attached hydrogens (tertiary/aromatic N) is 8. The van der Waals surface area contributed by atoms with Crippen molar-refractivity contribution in [1.82, 2.24) is 45.6 Å². The van der Waals surface area contributed by atoms with Gasteiger partial charge in [-0.3, -0.25) is 0 Å². The molecule has 0 saturated heterocycles. The van der Waals surface area contributed by atoms with Crippen LogP contribution >= 0.6 is 11.8 Å². The van der Waals surface area contributed by atoms with E-state index in [1.54, 1.807) is 11.8 Å². The molecule has 4 atom stereocenters. The van der Waals surface area contributed by atoms with Gasteiger partial charge in [0.1, 0.15) is 0 Å². The molecule has 6 rings (SSSR count). The topological polar surface area (TPSA) is 123 Å². The van der Waals surface area contributed by atoms with Gasteiger partial charge in [-0.2, -0.15) is 0 Å². The predicted octanol–water partition coefficient (Wildman–Crippen LogP) is 3.71. The summed E-state index contributed by atoms with van der Waals surface area (Å²) >= 11 is 1.68. The molecule has 4 aromatic rings. The Hall–Kier alpha value is -3.08. The molecule has 33 heavy (non-hydrogen) atoms. The number of hydrogen-bond acceptors (Lipinski definition) is 9. The summed E-state index contributed by atoms with van der Waals surface area (Å²) in [7, 11) is 0. The number of H-pyrrole nitrogens is 1. The van der Waals surface area contributed by atoms with Crippen LogP contribution < -0.4 is 5.32 Å². The summed E-state index contributed by atoms with van der Waals surface area (Å²) in [6.07, 6.45) is 5.08. The largest absolute Gasteiger partial charge is 0.365 e. The lowest BCUT2D eigenvalue weighted by molar-refractivity contribution is 0.456. The van der Waals surface area contributed by atoms with Crippen LogP contribution in [0.1, 0.15) is 68.3 Å². The number of anilines is 1. The van der Waals surface area contributed by atoms with Gasteiger partial charge < -0.3 is 5.32 Å². The second-order valence-corrected chi connectivity index (χ2v) is 9.93. The Morgan fingerprint density at radius 2 is 2.03 bits per heavy atom. The Balaban J connectivity index is 1.28. The fourth-order valence-electron chi connectivity index (χ4n) is 4.78. The first-order valence-corrected chi connectivity index (χ1v) is 12.6. The lowest BCUT2D eigenvalue weighted by Gasteiger charge is -2.12. The van der Waals surface area contributed by atoms with E-state index in [-0.39, 0.29) is 6.04 Å². The molecule has 2 N–H and O–H groups in total. The van der Waals surface area contributed by atoms with Gasteiger partial charge in [-0.1, -0.05) is 54.2 Å². The summed E-state index contributed by atoms with van der Waals surface area (Å²) in [5, 5.41) is 28.0. The SMILES string of the molecule is CCCSc1nc(N[C@@H]2C[C@H]2c2ccccc2)c2nnn([C@@H]3CC[C@@H](c4nnn[nH]4)C3)c2n1. The fourth-order valence-corrected chi connectivity index (χ4v) is 5.47. The van der Waals surface area contributed by atoms with Crippen molar-refractivity contribution in [3.63, 3.8) is 0 Å². The van der Waals surface area contributed by atoms with Crippen LogP contribution in [0.5, 0.6) is 0 Å². The molecule has 11 heteroatoms. The van der Waals surface area contributed by atoms with Crippen LogP contribution in [0.25, 0.3) is 11.2 Å². The number of rotatable bonds is 8. The smallest absolute Gasteiger partial charge is 0.191 e. The fraction of sp³-hybridized carbons (Fsp3) is 0.500. The minimum absolute atomic E-state index is 0.217. The minimum atomic E-state index is 0.217. The molecule has 3 aromatic heterocycles. The van der Waals surface area contributed by atoms with E-state index in [9.17, 15) is 0 Å². The summed E-state index contributed by atoms with van der Waals surface area (Å²) in [6.45, 7) is 2.17. The molecule has 0 aliphatic heterocycles. The van der Waals surface area contributed by atoms with Gasteiger partial charge in [0.15, 0.2) is 28.0 Å². The summed E-state index contributed by atoms with van der Waals surface area (Å²) in [5.74, 6) is 3.42. The van der Waals surface area contributed by atoms with Crippen LogP contribution in [0.2, 0.25) is 0 Å². The molecule has 2 fully saturated rings. The zero-order valence-corrected chi connectivity index (χ0v) is 19.2. The zero-order valence-electron chi connectivity index (χ0n) is 18.4. The van der Waals surface area contributed by atoms with E-state index in [4.69, 9.17) is 9.97 Å². The van der Waals surface area contributed by atoms with Crippen LogP contribution in [0.15, 0.2) is 35.5 Å². The Morgan fingerprint density at radius 3 is 2.85 bits per heavy atom. The number of tetrazole rings is 1. The Kier molecular flexibility index (Phi) is 5.41. The molecule has 1 aromatic carbocycles. The van der Waals surface area contributed by atoms with Crippen molar-refractivity contribution in [2.45, 2.75) is 68.1 Å². The molecule has 0 radical (unpaired) electrons. The lowest BCUT2D eigenvalue weighted by atomic mass is 10.1. The summed E-state index contributed by atoms with van der Waals surface area (Å²) in [6, 6.07) is 11.2. The van der Waals surface area contributed by atoms with E-state index in [1.807, 2.05) is 4.68 Å². The van der Waals surface area contributed by atoms with E-state index in [0.29, 0.717) is 17.9 Å². The number of aromatic nitrogens is 9. The van der Waals surface area contributed by atoms with Gasteiger partial charge in [0.05, 0.1) is 6.04 Å². The van der Waals surface area contributed by atoms with Crippen molar-refractivity contribution in [3.8, 4) is 0 Å². The monoisotopic (exact) mass is 462 g/mol. The maximum absolute atomic E-state index is 4.87. The molecular formula is C22H26N10S. The number of aromatic amines is 1. The standard InChI is InChI=1S/C22H26N10S/c1-2-10-33-22-24-20(23-17-12-16(17)13-6-4-3-5-7-13)18-21(25-22)32(31-26-18)15-9-8-14(11-15)19-27-29-30-28-19/h3-7,14-17H,2,8-12H2,1H3,(H,23,24,25)(H,27,28,29,30)/t14-,15-,16+,17-/m1/s1. The van der Waals surface area contributed by atoms with Crippen molar-refractivity contribution in [2.75, 3.05) is 11.1 Å². The van der Waals surface area contributed by atoms with E-state index >= 15 is 0 Å². The molecule has 0 amide bonds. The number of fused-ring (bicyclic) bond motifs is 1. The molecule has 3 heterocycles. The summed E-state index contributed by atoms with van der Waals surface area (Å²) < 4.78 is 1.99. The van der Waals surface area contributed by atoms with Crippen LogP contribution in [-0.2, 0) is 0 Å². The first kappa shape index (κ1) is 20.5. The molecule has 10 nitrogen and oxygen atoms in total. The highest BCUT2D eigenvalue weighted by Gasteiger charge is 2.39. The third-order valence-corrected chi connectivity index (χ3v) is 7.63. The zero-order chi connectivity index (χ0) is 22.2. The number of nitrogens with one attached hydrogen (secondary N) is 2. The van der Waals surface area contributed by atoms with Crippen LogP contribution in [-0.4, -0.2) is 57.4 Å². The average molecular weight is 463 g/mol. The van der Waals surface area contributed by atoms with Crippen molar-refractivity contribution < 1.29 is 0 Å². The number of hydrogen-bond donors (Lipinski definition) is 2. The summed E-state index contributed by atoms with van der Waals surface area (Å²) in [5.41, 5.74) is 2.92. The van der Waals surface area contributed by atoms with Gasteiger partial charge in [-0.05, 0) is 48.1 Å². The average Bonchev–Trinajstić information content (AvgIpc) is 3.28. The lowest BCUT2D eigenvalue weighted by Crippen LogP contribution is -2.11. The van der Waals surface area contributed by atoms with Gasteiger partial charge in [0, 0.05) is 23.6 Å². The van der Waals surface area contributed by atoms with Gasteiger partial charge >= 0.3 is 0 Å². The quantitative estimate of drug-likeness (QED) is 0.298. The maximum atomic E-state index is 4.87. The van der Waals surface area contributed by atoms with Gasteiger partial charge in [0.2, 0.25) is 0 Å². The summed E-state index contributed by atoms with van der Waals surface area (Å²) in [4.78, 5) is 9.71. The second-order valence-electron chi connectivity index (χ2n) is 8.86. The second kappa shape index (κ2) is 8.69. The normalized spacial score (nSPS) is 24.4. The molecule has 0 unspecified atom stereocenters.